The van der Waals surface area contributed by atoms with Crippen molar-refractivity contribution in [3.8, 4) is 0 Å². The molecular formula is C20H30N2O3. The Bertz CT molecular complexity index is 602. The molecular weight excluding hydrogens is 316 g/mol. The highest BCUT2D eigenvalue weighted by atomic mass is 16.5. The van der Waals surface area contributed by atoms with E-state index in [9.17, 15) is 9.59 Å². The summed E-state index contributed by atoms with van der Waals surface area (Å²) in [5.41, 5.74) is 2.91. The Hall–Kier alpha value is -1.88. The number of carbonyl (C=O) groups is 2. The monoisotopic (exact) mass is 346 g/mol. The Morgan fingerprint density at radius 3 is 2.36 bits per heavy atom. The number of amides is 2. The lowest BCUT2D eigenvalue weighted by molar-refractivity contribution is -0.129. The van der Waals surface area contributed by atoms with Gasteiger partial charge in [0.2, 0.25) is 11.8 Å². The van der Waals surface area contributed by atoms with Crippen LogP contribution in [0.5, 0.6) is 0 Å². The van der Waals surface area contributed by atoms with E-state index in [1.54, 1.807) is 12.5 Å². The van der Waals surface area contributed by atoms with Crippen molar-refractivity contribution in [3.05, 3.63) is 35.9 Å². The Morgan fingerprint density at radius 2 is 1.84 bits per heavy atom. The molecule has 1 aromatic rings. The summed E-state index contributed by atoms with van der Waals surface area (Å²) >= 11 is 0. The molecule has 138 valence electrons. The smallest absolute Gasteiger partial charge is 0.243 e. The van der Waals surface area contributed by atoms with Crippen LogP contribution in [0.15, 0.2) is 30.3 Å². The van der Waals surface area contributed by atoms with Crippen molar-refractivity contribution in [2.45, 2.75) is 40.0 Å². The number of hydrogen-bond donors (Lipinski definition) is 3. The van der Waals surface area contributed by atoms with E-state index < -0.39 is 0 Å². The van der Waals surface area contributed by atoms with E-state index >= 15 is 0 Å². The first-order valence-electron chi connectivity index (χ1n) is 9.03. The fourth-order valence-electron chi connectivity index (χ4n) is 4.30. The quantitative estimate of drug-likeness (QED) is 0.500. The van der Waals surface area contributed by atoms with Gasteiger partial charge in [-0.3, -0.25) is 14.8 Å². The molecule has 5 nitrogen and oxygen atoms in total. The third-order valence-electron chi connectivity index (χ3n) is 6.23. The summed E-state index contributed by atoms with van der Waals surface area (Å²) in [5.74, 6) is 0.498. The van der Waals surface area contributed by atoms with Crippen LogP contribution in [0.2, 0.25) is 0 Å². The molecule has 1 aliphatic carbocycles. The highest BCUT2D eigenvalue weighted by Crippen LogP contribution is 2.66. The SMILES string of the molecule is CNC(=O)[C@H](Cc1ccccc1)C[C@@H]1C(CC(=O)NO)[C@]1(C)C(C)C. The summed E-state index contributed by atoms with van der Waals surface area (Å²) < 4.78 is 0. The minimum absolute atomic E-state index is 0.0233. The van der Waals surface area contributed by atoms with Crippen LogP contribution in [0.3, 0.4) is 0 Å². The molecule has 1 unspecified atom stereocenters. The van der Waals surface area contributed by atoms with Gasteiger partial charge in [-0.25, -0.2) is 5.48 Å². The summed E-state index contributed by atoms with van der Waals surface area (Å²) in [6, 6.07) is 10.0. The third-order valence-corrected chi connectivity index (χ3v) is 6.23. The fraction of sp³-hybridized carbons (Fsp3) is 0.600. The van der Waals surface area contributed by atoms with Crippen LogP contribution >= 0.6 is 0 Å². The summed E-state index contributed by atoms with van der Waals surface area (Å²) in [4.78, 5) is 24.1. The van der Waals surface area contributed by atoms with Crippen LogP contribution in [-0.2, 0) is 16.0 Å². The molecule has 0 radical (unpaired) electrons. The molecule has 1 aliphatic rings. The average molecular weight is 346 g/mol. The second kappa shape index (κ2) is 8.00. The van der Waals surface area contributed by atoms with E-state index in [1.807, 2.05) is 30.3 Å². The van der Waals surface area contributed by atoms with Crippen LogP contribution in [0.25, 0.3) is 0 Å². The minimum atomic E-state index is -0.348. The van der Waals surface area contributed by atoms with Gasteiger partial charge in [0.05, 0.1) is 0 Å². The fourth-order valence-corrected chi connectivity index (χ4v) is 4.30. The molecule has 2 amide bonds. The number of rotatable bonds is 8. The van der Waals surface area contributed by atoms with E-state index in [0.29, 0.717) is 24.7 Å². The maximum Gasteiger partial charge on any atom is 0.243 e. The zero-order valence-electron chi connectivity index (χ0n) is 15.6. The van der Waals surface area contributed by atoms with Gasteiger partial charge in [-0.15, -0.1) is 0 Å². The van der Waals surface area contributed by atoms with E-state index in [4.69, 9.17) is 5.21 Å². The van der Waals surface area contributed by atoms with Crippen LogP contribution < -0.4 is 10.8 Å². The van der Waals surface area contributed by atoms with Gasteiger partial charge in [0.15, 0.2) is 0 Å². The predicted molar refractivity (Wildman–Crippen MR) is 96.8 cm³/mol. The van der Waals surface area contributed by atoms with E-state index in [-0.39, 0.29) is 29.1 Å². The minimum Gasteiger partial charge on any atom is -0.359 e. The molecule has 25 heavy (non-hydrogen) atoms. The average Bonchev–Trinajstić information content (AvgIpc) is 3.18. The number of hydrogen-bond acceptors (Lipinski definition) is 3. The first-order chi connectivity index (χ1) is 11.8. The molecule has 0 aromatic heterocycles. The third kappa shape index (κ3) is 4.21. The highest BCUT2D eigenvalue weighted by molar-refractivity contribution is 5.79. The second-order valence-corrected chi connectivity index (χ2v) is 7.71. The first-order valence-corrected chi connectivity index (χ1v) is 9.03. The van der Waals surface area contributed by atoms with Gasteiger partial charge in [-0.1, -0.05) is 51.1 Å². The van der Waals surface area contributed by atoms with Crippen molar-refractivity contribution in [3.63, 3.8) is 0 Å². The Labute approximate surface area is 150 Å². The molecule has 0 aliphatic heterocycles. The molecule has 0 heterocycles. The molecule has 1 saturated carbocycles. The number of carbonyl (C=O) groups excluding carboxylic acids is 2. The van der Waals surface area contributed by atoms with E-state index in [2.05, 4.69) is 26.1 Å². The van der Waals surface area contributed by atoms with Crippen LogP contribution in [0.1, 0.15) is 39.2 Å². The summed E-state index contributed by atoms with van der Waals surface area (Å²) in [7, 11) is 1.67. The molecule has 4 atom stereocenters. The van der Waals surface area contributed by atoms with Gasteiger partial charge in [0.1, 0.15) is 0 Å². The van der Waals surface area contributed by atoms with Gasteiger partial charge >= 0.3 is 0 Å². The molecule has 0 saturated heterocycles. The summed E-state index contributed by atoms with van der Waals surface area (Å²) in [5, 5.41) is 11.6. The molecule has 0 bridgehead atoms. The van der Waals surface area contributed by atoms with E-state index in [0.717, 1.165) is 12.0 Å². The van der Waals surface area contributed by atoms with Crippen LogP contribution in [0.4, 0.5) is 0 Å². The van der Waals surface area contributed by atoms with Gasteiger partial charge in [0, 0.05) is 19.4 Å². The lowest BCUT2D eigenvalue weighted by atomic mass is 9.86. The zero-order chi connectivity index (χ0) is 18.6. The van der Waals surface area contributed by atoms with Gasteiger partial charge < -0.3 is 5.32 Å². The van der Waals surface area contributed by atoms with Crippen molar-refractivity contribution >= 4 is 11.8 Å². The summed E-state index contributed by atoms with van der Waals surface area (Å²) in [6.45, 7) is 6.52. The molecule has 3 N–H and O–H groups in total. The van der Waals surface area contributed by atoms with Crippen molar-refractivity contribution in [2.24, 2.45) is 29.1 Å². The number of nitrogens with one attached hydrogen (secondary N) is 2. The maximum atomic E-state index is 12.4. The molecule has 1 aromatic carbocycles. The summed E-state index contributed by atoms with van der Waals surface area (Å²) in [6.07, 6.45) is 1.76. The molecule has 0 spiro atoms. The molecule has 2 rings (SSSR count). The predicted octanol–water partition coefficient (Wildman–Crippen LogP) is 2.79. The number of benzene rings is 1. The second-order valence-electron chi connectivity index (χ2n) is 7.71. The normalized spacial score (nSPS) is 26.2. The van der Waals surface area contributed by atoms with Crippen molar-refractivity contribution in [1.29, 1.82) is 0 Å². The lowest BCUT2D eigenvalue weighted by Gasteiger charge is -2.20. The molecule has 5 heteroatoms. The van der Waals surface area contributed by atoms with Crippen molar-refractivity contribution in [2.75, 3.05) is 7.05 Å². The highest BCUT2D eigenvalue weighted by Gasteiger charge is 2.62. The van der Waals surface area contributed by atoms with Gasteiger partial charge in [-0.05, 0) is 41.6 Å². The van der Waals surface area contributed by atoms with Crippen molar-refractivity contribution < 1.29 is 14.8 Å². The first kappa shape index (κ1) is 19.4. The van der Waals surface area contributed by atoms with Crippen LogP contribution in [-0.4, -0.2) is 24.1 Å². The zero-order valence-corrected chi connectivity index (χ0v) is 15.6. The Kier molecular flexibility index (Phi) is 6.22. The molecule has 1 fully saturated rings. The Balaban J connectivity index is 2.13. The van der Waals surface area contributed by atoms with Gasteiger partial charge in [0.25, 0.3) is 0 Å². The number of hydroxylamine groups is 1. The lowest BCUT2D eigenvalue weighted by Crippen LogP contribution is -2.30. The van der Waals surface area contributed by atoms with Crippen LogP contribution in [0, 0.1) is 29.1 Å². The standard InChI is InChI=1S/C20H30N2O3/c1-13(2)20(3)16(17(20)12-18(23)22-25)11-15(19(24)21-4)10-14-8-6-5-7-9-14/h5-9,13,15-17,25H,10-12H2,1-4H3,(H,21,24)(H,22,23)/t15-,16-,17?,20-/m1/s1. The Morgan fingerprint density at radius 1 is 1.20 bits per heavy atom. The van der Waals surface area contributed by atoms with Crippen molar-refractivity contribution in [1.82, 2.24) is 10.8 Å². The topological polar surface area (TPSA) is 78.4 Å². The largest absolute Gasteiger partial charge is 0.359 e. The van der Waals surface area contributed by atoms with Gasteiger partial charge in [-0.2, -0.15) is 0 Å². The van der Waals surface area contributed by atoms with E-state index in [1.165, 1.54) is 0 Å². The maximum absolute atomic E-state index is 12.4.